The van der Waals surface area contributed by atoms with E-state index in [0.29, 0.717) is 17.2 Å². The second kappa shape index (κ2) is 9.44. The van der Waals surface area contributed by atoms with Gasteiger partial charge in [0.05, 0.1) is 5.69 Å². The Hall–Kier alpha value is -4.65. The van der Waals surface area contributed by atoms with Gasteiger partial charge in [-0.1, -0.05) is 18.2 Å². The summed E-state index contributed by atoms with van der Waals surface area (Å²) in [5.74, 6) is 0.805. The molecule has 0 aliphatic rings. The fourth-order valence-corrected chi connectivity index (χ4v) is 2.95. The number of hydrogen-bond donors (Lipinski definition) is 3. The summed E-state index contributed by atoms with van der Waals surface area (Å²) in [4.78, 5) is 12.2. The molecule has 7 nitrogen and oxygen atoms in total. The second-order valence-electron chi connectivity index (χ2n) is 6.87. The minimum Gasteiger partial charge on any atom is -0.508 e. The first-order valence-corrected chi connectivity index (χ1v) is 9.67. The maximum atomic E-state index is 10.1. The van der Waals surface area contributed by atoms with Crippen LogP contribution in [0.1, 0.15) is 22.4 Å². The standard InChI is InChI=1S/C25H19N3O4/c29-21-9-18(10-22(30)14-21)2-1-17-5-8-27-25(13-17)32-24-12-19(11-23(31)15-24)3-4-20-6-7-26-16-28-20/h1-16,29-31H/b2-1+,4-3+. The van der Waals surface area contributed by atoms with Crippen LogP contribution in [-0.2, 0) is 0 Å². The van der Waals surface area contributed by atoms with Crippen LogP contribution in [0.5, 0.6) is 28.9 Å². The predicted molar refractivity (Wildman–Crippen MR) is 122 cm³/mol. The fraction of sp³-hybridized carbons (Fsp3) is 0. The number of phenolic OH excluding ortho intramolecular Hbond substituents is 3. The lowest BCUT2D eigenvalue weighted by atomic mass is 10.1. The molecule has 4 aromatic rings. The molecule has 0 saturated carbocycles. The number of ether oxygens (including phenoxy) is 1. The van der Waals surface area contributed by atoms with Gasteiger partial charge in [-0.2, -0.15) is 0 Å². The molecule has 0 unspecified atom stereocenters. The molecule has 32 heavy (non-hydrogen) atoms. The molecule has 0 radical (unpaired) electrons. The third-order valence-electron chi connectivity index (χ3n) is 4.34. The van der Waals surface area contributed by atoms with Crippen molar-refractivity contribution in [2.75, 3.05) is 0 Å². The molecular formula is C25H19N3O4. The Kier molecular flexibility index (Phi) is 6.08. The normalized spacial score (nSPS) is 11.2. The van der Waals surface area contributed by atoms with Gasteiger partial charge in [-0.25, -0.2) is 15.0 Å². The van der Waals surface area contributed by atoms with E-state index in [-0.39, 0.29) is 17.2 Å². The van der Waals surface area contributed by atoms with Crippen molar-refractivity contribution in [3.63, 3.8) is 0 Å². The van der Waals surface area contributed by atoms with Crippen LogP contribution in [0.3, 0.4) is 0 Å². The third-order valence-corrected chi connectivity index (χ3v) is 4.34. The van der Waals surface area contributed by atoms with E-state index in [9.17, 15) is 15.3 Å². The van der Waals surface area contributed by atoms with Crippen LogP contribution in [-0.4, -0.2) is 30.3 Å². The highest BCUT2D eigenvalue weighted by molar-refractivity contribution is 5.71. The first kappa shape index (κ1) is 20.6. The highest BCUT2D eigenvalue weighted by Crippen LogP contribution is 2.28. The van der Waals surface area contributed by atoms with E-state index in [1.54, 1.807) is 54.9 Å². The summed E-state index contributed by atoms with van der Waals surface area (Å²) in [7, 11) is 0. The Labute approximate surface area is 184 Å². The summed E-state index contributed by atoms with van der Waals surface area (Å²) in [6.45, 7) is 0. The van der Waals surface area contributed by atoms with E-state index < -0.39 is 0 Å². The maximum absolute atomic E-state index is 10.1. The Morgan fingerprint density at radius 3 is 2.06 bits per heavy atom. The number of phenols is 3. The molecule has 2 aromatic carbocycles. The lowest BCUT2D eigenvalue weighted by Crippen LogP contribution is -1.89. The molecule has 0 aliphatic heterocycles. The maximum Gasteiger partial charge on any atom is 0.219 e. The van der Waals surface area contributed by atoms with Crippen molar-refractivity contribution in [2.45, 2.75) is 0 Å². The molecule has 0 spiro atoms. The van der Waals surface area contributed by atoms with Gasteiger partial charge in [0.15, 0.2) is 0 Å². The van der Waals surface area contributed by atoms with E-state index in [4.69, 9.17) is 4.74 Å². The van der Waals surface area contributed by atoms with Crippen molar-refractivity contribution in [1.82, 2.24) is 15.0 Å². The molecule has 2 aromatic heterocycles. The molecule has 0 saturated heterocycles. The average molecular weight is 425 g/mol. The monoisotopic (exact) mass is 425 g/mol. The van der Waals surface area contributed by atoms with E-state index in [1.165, 1.54) is 30.6 Å². The molecule has 158 valence electrons. The van der Waals surface area contributed by atoms with Gasteiger partial charge in [0, 0.05) is 30.6 Å². The van der Waals surface area contributed by atoms with Gasteiger partial charge < -0.3 is 20.1 Å². The van der Waals surface area contributed by atoms with Crippen molar-refractivity contribution in [1.29, 1.82) is 0 Å². The van der Waals surface area contributed by atoms with Crippen LogP contribution in [0.2, 0.25) is 0 Å². The lowest BCUT2D eigenvalue weighted by Gasteiger charge is -2.07. The number of rotatable bonds is 6. The van der Waals surface area contributed by atoms with E-state index in [0.717, 1.165) is 16.8 Å². The van der Waals surface area contributed by atoms with Gasteiger partial charge in [-0.05, 0) is 59.2 Å². The van der Waals surface area contributed by atoms with Gasteiger partial charge in [0.25, 0.3) is 0 Å². The van der Waals surface area contributed by atoms with Crippen LogP contribution >= 0.6 is 0 Å². The smallest absolute Gasteiger partial charge is 0.219 e. The van der Waals surface area contributed by atoms with E-state index in [2.05, 4.69) is 15.0 Å². The number of pyridine rings is 1. The highest BCUT2D eigenvalue weighted by atomic mass is 16.5. The summed E-state index contributed by atoms with van der Waals surface area (Å²) < 4.78 is 5.84. The Balaban J connectivity index is 1.51. The first-order chi connectivity index (χ1) is 15.5. The molecule has 0 amide bonds. The first-order valence-electron chi connectivity index (χ1n) is 9.67. The molecule has 4 rings (SSSR count). The van der Waals surface area contributed by atoms with E-state index in [1.807, 2.05) is 12.2 Å². The molecule has 0 fully saturated rings. The molecular weight excluding hydrogens is 406 g/mol. The number of nitrogens with zero attached hydrogens (tertiary/aromatic N) is 3. The van der Waals surface area contributed by atoms with Crippen LogP contribution in [0, 0.1) is 0 Å². The number of aromatic hydroxyl groups is 3. The topological polar surface area (TPSA) is 109 Å². The minimum atomic E-state index is -0.0168. The summed E-state index contributed by atoms with van der Waals surface area (Å²) in [5.41, 5.74) is 2.93. The van der Waals surface area contributed by atoms with Crippen molar-refractivity contribution in [3.8, 4) is 28.9 Å². The predicted octanol–water partition coefficient (Wildman–Crippen LogP) is 5.12. The summed E-state index contributed by atoms with van der Waals surface area (Å²) >= 11 is 0. The minimum absolute atomic E-state index is 0.0168. The van der Waals surface area contributed by atoms with Crippen LogP contribution in [0.4, 0.5) is 0 Å². The van der Waals surface area contributed by atoms with Crippen LogP contribution in [0.25, 0.3) is 24.3 Å². The van der Waals surface area contributed by atoms with Gasteiger partial charge in [-0.3, -0.25) is 0 Å². The Morgan fingerprint density at radius 2 is 1.31 bits per heavy atom. The Morgan fingerprint density at radius 1 is 0.625 bits per heavy atom. The quantitative estimate of drug-likeness (QED) is 0.393. The van der Waals surface area contributed by atoms with Gasteiger partial charge in [0.1, 0.15) is 29.3 Å². The SMILES string of the molecule is Oc1cc(O)cc(/C=C/c2ccnc(Oc3cc(O)cc(/C=C/c4ccncn4)c3)c2)c1. The Bertz CT molecular complexity index is 1270. The number of benzene rings is 2. The van der Waals surface area contributed by atoms with E-state index >= 15 is 0 Å². The summed E-state index contributed by atoms with van der Waals surface area (Å²) in [5, 5.41) is 29.3. The molecule has 0 bridgehead atoms. The zero-order valence-corrected chi connectivity index (χ0v) is 16.8. The molecule has 7 heteroatoms. The van der Waals surface area contributed by atoms with Crippen molar-refractivity contribution in [2.24, 2.45) is 0 Å². The van der Waals surface area contributed by atoms with Gasteiger partial charge in [0.2, 0.25) is 5.88 Å². The molecule has 2 heterocycles. The zero-order chi connectivity index (χ0) is 22.3. The highest BCUT2D eigenvalue weighted by Gasteiger charge is 2.04. The van der Waals surface area contributed by atoms with Crippen molar-refractivity contribution < 1.29 is 20.1 Å². The fourth-order valence-electron chi connectivity index (χ4n) is 2.95. The molecule has 0 atom stereocenters. The van der Waals surface area contributed by atoms with Crippen molar-refractivity contribution in [3.05, 3.63) is 95.7 Å². The summed E-state index contributed by atoms with van der Waals surface area (Å²) in [6.07, 6.45) is 11.9. The van der Waals surface area contributed by atoms with Gasteiger partial charge >= 0.3 is 0 Å². The van der Waals surface area contributed by atoms with Crippen LogP contribution < -0.4 is 4.74 Å². The largest absolute Gasteiger partial charge is 0.508 e. The second-order valence-corrected chi connectivity index (χ2v) is 6.87. The van der Waals surface area contributed by atoms with Gasteiger partial charge in [-0.15, -0.1) is 0 Å². The lowest BCUT2D eigenvalue weighted by molar-refractivity contribution is 0.445. The molecule has 3 N–H and O–H groups in total. The molecule has 0 aliphatic carbocycles. The third kappa shape index (κ3) is 5.70. The zero-order valence-electron chi connectivity index (χ0n) is 16.8. The van der Waals surface area contributed by atoms with Crippen LogP contribution in [0.15, 0.2) is 73.3 Å². The number of aromatic nitrogens is 3. The van der Waals surface area contributed by atoms with Crippen molar-refractivity contribution >= 4 is 24.3 Å². The summed E-state index contributed by atoms with van der Waals surface area (Å²) in [6, 6.07) is 14.5. The average Bonchev–Trinajstić information content (AvgIpc) is 2.76. The number of hydrogen-bond acceptors (Lipinski definition) is 7.